The zero-order valence-corrected chi connectivity index (χ0v) is 9.65. The molecule has 0 rings (SSSR count). The summed E-state index contributed by atoms with van der Waals surface area (Å²) in [7, 11) is 0. The minimum atomic E-state index is -0.269. The van der Waals surface area contributed by atoms with Crippen molar-refractivity contribution >= 4 is 23.6 Å². The molecule has 82 valence electrons. The van der Waals surface area contributed by atoms with Gasteiger partial charge in [0.25, 0.3) is 0 Å². The molecular weight excluding hydrogens is 202 g/mol. The van der Waals surface area contributed by atoms with Gasteiger partial charge in [0.15, 0.2) is 0 Å². The molecule has 0 aromatic carbocycles. The average molecular weight is 219 g/mol. The van der Waals surface area contributed by atoms with E-state index in [1.807, 2.05) is 6.92 Å². The molecule has 0 radical (unpaired) electrons. The maximum absolute atomic E-state index is 11.0. The van der Waals surface area contributed by atoms with E-state index in [1.165, 1.54) is 11.8 Å². The molecule has 0 unspecified atom stereocenters. The van der Waals surface area contributed by atoms with E-state index in [0.717, 1.165) is 0 Å². The lowest BCUT2D eigenvalue weighted by atomic mass is 10.5. The Labute approximate surface area is 88.8 Å². The summed E-state index contributed by atoms with van der Waals surface area (Å²) in [6, 6.07) is 0. The number of esters is 1. The summed E-state index contributed by atoms with van der Waals surface area (Å²) >= 11 is 1.26. The van der Waals surface area contributed by atoms with E-state index in [0.29, 0.717) is 12.3 Å². The highest BCUT2D eigenvalue weighted by Crippen LogP contribution is 2.01. The predicted molar refractivity (Wildman–Crippen MR) is 57.2 cm³/mol. The van der Waals surface area contributed by atoms with Crippen LogP contribution in [0, 0.1) is 0 Å². The smallest absolute Gasteiger partial charge is 0.316 e. The highest BCUT2D eigenvalue weighted by molar-refractivity contribution is 8.00. The number of carbonyl (C=O) groups is 2. The highest BCUT2D eigenvalue weighted by Gasteiger charge is 2.07. The molecule has 0 aromatic rings. The van der Waals surface area contributed by atoms with Crippen molar-refractivity contribution < 1.29 is 14.3 Å². The lowest BCUT2D eigenvalue weighted by molar-refractivity contribution is -0.144. The second-order valence-corrected chi connectivity index (χ2v) is 3.97. The van der Waals surface area contributed by atoms with E-state index < -0.39 is 0 Å². The Morgan fingerprint density at radius 2 is 2.00 bits per heavy atom. The highest BCUT2D eigenvalue weighted by atomic mass is 32.2. The van der Waals surface area contributed by atoms with Gasteiger partial charge < -0.3 is 10.1 Å². The Hall–Kier alpha value is -0.710. The summed E-state index contributed by atoms with van der Waals surface area (Å²) < 4.78 is 4.90. The van der Waals surface area contributed by atoms with Gasteiger partial charge in [-0.1, -0.05) is 0 Å². The van der Waals surface area contributed by atoms with Gasteiger partial charge in [0, 0.05) is 6.54 Å². The van der Waals surface area contributed by atoms with Gasteiger partial charge in [-0.2, -0.15) is 0 Å². The van der Waals surface area contributed by atoms with Crippen LogP contribution >= 0.6 is 11.8 Å². The van der Waals surface area contributed by atoms with E-state index in [4.69, 9.17) is 4.74 Å². The topological polar surface area (TPSA) is 55.4 Å². The van der Waals surface area contributed by atoms with Gasteiger partial charge >= 0.3 is 5.97 Å². The largest absolute Gasteiger partial charge is 0.462 e. The zero-order chi connectivity index (χ0) is 11.0. The number of ether oxygens (including phenoxy) is 1. The summed E-state index contributed by atoms with van der Waals surface area (Å²) in [5.41, 5.74) is 0. The minimum Gasteiger partial charge on any atom is -0.462 e. The van der Waals surface area contributed by atoms with Crippen molar-refractivity contribution in [2.24, 2.45) is 0 Å². The van der Waals surface area contributed by atoms with Crippen LogP contribution in [0.5, 0.6) is 0 Å². The number of nitrogens with one attached hydrogen (secondary N) is 1. The van der Waals surface area contributed by atoms with E-state index in [-0.39, 0.29) is 23.7 Å². The normalized spacial score (nSPS) is 10.0. The van der Waals surface area contributed by atoms with Crippen LogP contribution in [-0.2, 0) is 14.3 Å². The van der Waals surface area contributed by atoms with Crippen LogP contribution in [0.4, 0.5) is 0 Å². The first-order chi connectivity index (χ1) is 6.56. The second-order valence-electron chi connectivity index (χ2n) is 2.98. The lowest BCUT2D eigenvalue weighted by Crippen LogP contribution is -2.25. The van der Waals surface area contributed by atoms with Crippen molar-refractivity contribution in [2.75, 3.05) is 18.1 Å². The molecule has 0 bridgehead atoms. The van der Waals surface area contributed by atoms with Crippen molar-refractivity contribution in [2.45, 2.75) is 26.9 Å². The number of thioether (sulfide) groups is 1. The molecular formula is C9H17NO3S. The number of carbonyl (C=O) groups excluding carboxylic acids is 2. The van der Waals surface area contributed by atoms with Gasteiger partial charge in [-0.15, -0.1) is 11.8 Å². The molecule has 4 nitrogen and oxygen atoms in total. The summed E-state index contributed by atoms with van der Waals surface area (Å²) in [6.07, 6.45) is -0.0902. The standard InChI is InChI=1S/C9H17NO3S/c1-4-10-8(11)5-14-6-9(12)13-7(2)3/h7H,4-6H2,1-3H3,(H,10,11). The molecule has 0 aliphatic carbocycles. The maximum Gasteiger partial charge on any atom is 0.316 e. The molecule has 0 atom stereocenters. The van der Waals surface area contributed by atoms with Crippen molar-refractivity contribution in [3.05, 3.63) is 0 Å². The van der Waals surface area contributed by atoms with E-state index in [9.17, 15) is 9.59 Å². The maximum atomic E-state index is 11.0. The van der Waals surface area contributed by atoms with Gasteiger partial charge in [-0.05, 0) is 20.8 Å². The number of rotatable bonds is 6. The van der Waals surface area contributed by atoms with Crippen molar-refractivity contribution in [3.63, 3.8) is 0 Å². The van der Waals surface area contributed by atoms with Crippen LogP contribution in [0.3, 0.4) is 0 Å². The Kier molecular flexibility index (Phi) is 7.28. The van der Waals surface area contributed by atoms with Crippen molar-refractivity contribution in [1.82, 2.24) is 5.32 Å². The molecule has 0 aromatic heterocycles. The van der Waals surface area contributed by atoms with E-state index in [1.54, 1.807) is 13.8 Å². The zero-order valence-electron chi connectivity index (χ0n) is 8.83. The first-order valence-electron chi connectivity index (χ1n) is 4.60. The third-order valence-corrected chi connectivity index (χ3v) is 2.10. The first kappa shape index (κ1) is 13.3. The van der Waals surface area contributed by atoms with Gasteiger partial charge in [-0.3, -0.25) is 9.59 Å². The lowest BCUT2D eigenvalue weighted by Gasteiger charge is -2.07. The van der Waals surface area contributed by atoms with Crippen LogP contribution in [0.1, 0.15) is 20.8 Å². The van der Waals surface area contributed by atoms with Crippen LogP contribution < -0.4 is 5.32 Å². The molecule has 0 saturated heterocycles. The molecule has 5 heteroatoms. The van der Waals surface area contributed by atoms with Crippen LogP contribution in [-0.4, -0.2) is 36.0 Å². The first-order valence-corrected chi connectivity index (χ1v) is 5.75. The fourth-order valence-electron chi connectivity index (χ4n) is 0.772. The number of amides is 1. The molecule has 0 heterocycles. The third-order valence-electron chi connectivity index (χ3n) is 1.19. The molecule has 0 fully saturated rings. The number of hydrogen-bond donors (Lipinski definition) is 1. The Morgan fingerprint density at radius 1 is 1.36 bits per heavy atom. The molecule has 0 aliphatic rings. The van der Waals surface area contributed by atoms with Crippen molar-refractivity contribution in [3.8, 4) is 0 Å². The number of hydrogen-bond acceptors (Lipinski definition) is 4. The molecule has 14 heavy (non-hydrogen) atoms. The van der Waals surface area contributed by atoms with Gasteiger partial charge in [0.05, 0.1) is 17.6 Å². The minimum absolute atomic E-state index is 0.0464. The molecule has 0 saturated carbocycles. The van der Waals surface area contributed by atoms with Crippen LogP contribution in [0.15, 0.2) is 0 Å². The van der Waals surface area contributed by atoms with E-state index in [2.05, 4.69) is 5.32 Å². The molecule has 0 spiro atoms. The Balaban J connectivity index is 3.44. The van der Waals surface area contributed by atoms with Gasteiger partial charge in [0.1, 0.15) is 0 Å². The van der Waals surface area contributed by atoms with Crippen LogP contribution in [0.2, 0.25) is 0 Å². The summed E-state index contributed by atoms with van der Waals surface area (Å²) in [6.45, 7) is 6.07. The monoisotopic (exact) mass is 219 g/mol. The fraction of sp³-hybridized carbons (Fsp3) is 0.778. The fourth-order valence-corrected chi connectivity index (χ4v) is 1.40. The van der Waals surface area contributed by atoms with Gasteiger partial charge in [-0.25, -0.2) is 0 Å². The average Bonchev–Trinajstić information content (AvgIpc) is 2.02. The van der Waals surface area contributed by atoms with E-state index >= 15 is 0 Å². The third kappa shape index (κ3) is 7.91. The SMILES string of the molecule is CCNC(=O)CSCC(=O)OC(C)C. The Bertz CT molecular complexity index is 194. The predicted octanol–water partition coefficient (Wildman–Crippen LogP) is 0.807. The Morgan fingerprint density at radius 3 is 2.50 bits per heavy atom. The van der Waals surface area contributed by atoms with Gasteiger partial charge in [0.2, 0.25) is 5.91 Å². The molecule has 1 N–H and O–H groups in total. The van der Waals surface area contributed by atoms with Crippen LogP contribution in [0.25, 0.3) is 0 Å². The van der Waals surface area contributed by atoms with Crippen molar-refractivity contribution in [1.29, 1.82) is 0 Å². The molecule has 0 aliphatic heterocycles. The second kappa shape index (κ2) is 7.67. The summed E-state index contributed by atoms with van der Waals surface area (Å²) in [5.74, 6) is 0.222. The molecule has 1 amide bonds. The quantitative estimate of drug-likeness (QED) is 0.672. The summed E-state index contributed by atoms with van der Waals surface area (Å²) in [5, 5.41) is 2.65. The summed E-state index contributed by atoms with van der Waals surface area (Å²) in [4.78, 5) is 22.0.